The Bertz CT molecular complexity index is 441. The maximum Gasteiger partial charge on any atom is 0.407 e. The molecule has 1 aliphatic heterocycles. The van der Waals surface area contributed by atoms with Crippen LogP contribution < -0.4 is 0 Å². The van der Waals surface area contributed by atoms with Gasteiger partial charge in [-0.05, 0) is 6.26 Å². The highest BCUT2D eigenvalue weighted by atomic mass is 35.5. The highest BCUT2D eigenvalue weighted by molar-refractivity contribution is 7.98. The van der Waals surface area contributed by atoms with Crippen molar-refractivity contribution in [3.05, 3.63) is 16.4 Å². The minimum absolute atomic E-state index is 0.276. The summed E-state index contributed by atoms with van der Waals surface area (Å²) in [6, 6.07) is 0. The first-order valence-corrected chi connectivity index (χ1v) is 6.29. The predicted octanol–water partition coefficient (Wildman–Crippen LogP) is 1.89. The lowest BCUT2D eigenvalue weighted by Gasteiger charge is -2.26. The van der Waals surface area contributed by atoms with Crippen LogP contribution in [0.4, 0.5) is 4.79 Å². The summed E-state index contributed by atoms with van der Waals surface area (Å²) < 4.78 is 0. The van der Waals surface area contributed by atoms with Crippen molar-refractivity contribution in [3.63, 3.8) is 0 Å². The van der Waals surface area contributed by atoms with Crippen molar-refractivity contribution in [2.45, 2.75) is 18.1 Å². The molecule has 0 aliphatic carbocycles. The second kappa shape index (κ2) is 4.47. The number of hydrogen-bond donors (Lipinski definition) is 1. The maximum absolute atomic E-state index is 10.8. The molecule has 7 heteroatoms. The summed E-state index contributed by atoms with van der Waals surface area (Å²) >= 11 is 7.44. The minimum Gasteiger partial charge on any atom is -0.465 e. The molecule has 1 N–H and O–H groups in total. The molecule has 1 aromatic heterocycles. The van der Waals surface area contributed by atoms with Crippen LogP contribution in [0.5, 0.6) is 0 Å². The molecule has 0 atom stereocenters. The smallest absolute Gasteiger partial charge is 0.407 e. The molecule has 0 saturated carbocycles. The van der Waals surface area contributed by atoms with E-state index < -0.39 is 6.09 Å². The number of aromatic nitrogens is 2. The molecular weight excluding hydrogens is 250 g/mol. The van der Waals surface area contributed by atoms with Crippen LogP contribution in [-0.2, 0) is 13.0 Å². The molecule has 0 saturated heterocycles. The van der Waals surface area contributed by atoms with Crippen LogP contribution >= 0.6 is 23.4 Å². The van der Waals surface area contributed by atoms with Crippen LogP contribution in [0, 0.1) is 0 Å². The first-order chi connectivity index (χ1) is 7.61. The first kappa shape index (κ1) is 11.5. The Kier molecular flexibility index (Phi) is 3.20. The SMILES string of the molecule is CSc1nc(Cl)c2c(n1)CCN(C(=O)O)C2. The average Bonchev–Trinajstić information content (AvgIpc) is 2.28. The van der Waals surface area contributed by atoms with Crippen molar-refractivity contribution in [1.29, 1.82) is 0 Å². The number of amides is 1. The zero-order valence-corrected chi connectivity index (χ0v) is 10.2. The molecular formula is C9H10ClN3O2S. The summed E-state index contributed by atoms with van der Waals surface area (Å²) in [6.07, 6.45) is 1.54. The number of rotatable bonds is 1. The van der Waals surface area contributed by atoms with Gasteiger partial charge in [-0.1, -0.05) is 23.4 Å². The topological polar surface area (TPSA) is 66.3 Å². The Labute approximate surface area is 102 Å². The van der Waals surface area contributed by atoms with E-state index in [1.165, 1.54) is 16.7 Å². The summed E-state index contributed by atoms with van der Waals surface area (Å²) in [6.45, 7) is 0.738. The van der Waals surface area contributed by atoms with Crippen molar-refractivity contribution in [3.8, 4) is 0 Å². The molecule has 5 nitrogen and oxygen atoms in total. The van der Waals surface area contributed by atoms with E-state index in [-0.39, 0.29) is 6.54 Å². The fourth-order valence-electron chi connectivity index (χ4n) is 1.61. The number of thioether (sulfide) groups is 1. The molecule has 0 spiro atoms. The molecule has 1 aliphatic rings. The van der Waals surface area contributed by atoms with E-state index in [1.54, 1.807) is 0 Å². The molecule has 0 unspecified atom stereocenters. The van der Waals surface area contributed by atoms with Crippen LogP contribution in [0.15, 0.2) is 5.16 Å². The molecule has 0 fully saturated rings. The van der Waals surface area contributed by atoms with Gasteiger partial charge in [-0.3, -0.25) is 0 Å². The Morgan fingerprint density at radius 1 is 1.56 bits per heavy atom. The van der Waals surface area contributed by atoms with Crippen molar-refractivity contribution in [2.75, 3.05) is 12.8 Å². The predicted molar refractivity (Wildman–Crippen MR) is 61.0 cm³/mol. The highest BCUT2D eigenvalue weighted by Gasteiger charge is 2.24. The van der Waals surface area contributed by atoms with Crippen LogP contribution in [0.3, 0.4) is 0 Å². The average molecular weight is 260 g/mol. The van der Waals surface area contributed by atoms with E-state index in [1.807, 2.05) is 6.26 Å². The largest absolute Gasteiger partial charge is 0.465 e. The van der Waals surface area contributed by atoms with Gasteiger partial charge in [0.2, 0.25) is 0 Å². The van der Waals surface area contributed by atoms with E-state index in [4.69, 9.17) is 16.7 Å². The Balaban J connectivity index is 2.35. The number of fused-ring (bicyclic) bond motifs is 1. The van der Waals surface area contributed by atoms with Gasteiger partial charge in [0.25, 0.3) is 0 Å². The van der Waals surface area contributed by atoms with Gasteiger partial charge in [-0.25, -0.2) is 14.8 Å². The summed E-state index contributed by atoms with van der Waals surface area (Å²) in [5.41, 5.74) is 1.59. The number of halogens is 1. The molecule has 0 aromatic carbocycles. The Morgan fingerprint density at radius 2 is 2.31 bits per heavy atom. The van der Waals surface area contributed by atoms with E-state index in [0.717, 1.165) is 11.3 Å². The van der Waals surface area contributed by atoms with Crippen LogP contribution in [0.2, 0.25) is 5.15 Å². The van der Waals surface area contributed by atoms with Crippen molar-refractivity contribution in [1.82, 2.24) is 14.9 Å². The van der Waals surface area contributed by atoms with Crippen molar-refractivity contribution >= 4 is 29.5 Å². The van der Waals surface area contributed by atoms with Crippen LogP contribution in [0.1, 0.15) is 11.3 Å². The number of nitrogens with zero attached hydrogens (tertiary/aromatic N) is 3. The van der Waals surface area contributed by atoms with Gasteiger partial charge in [0.1, 0.15) is 5.15 Å². The lowest BCUT2D eigenvalue weighted by atomic mass is 10.1. The summed E-state index contributed by atoms with van der Waals surface area (Å²) in [5.74, 6) is 0. The maximum atomic E-state index is 10.8. The molecule has 2 heterocycles. The standard InChI is InChI=1S/C9H10ClN3O2S/c1-16-8-11-6-2-3-13(9(14)15)4-5(6)7(10)12-8/h2-4H2,1H3,(H,14,15). The molecule has 16 heavy (non-hydrogen) atoms. The summed E-state index contributed by atoms with van der Waals surface area (Å²) in [5, 5.41) is 9.89. The third-order valence-corrected chi connectivity index (χ3v) is 3.30. The molecule has 1 amide bonds. The first-order valence-electron chi connectivity index (χ1n) is 4.69. The van der Waals surface area contributed by atoms with Crippen LogP contribution in [0.25, 0.3) is 0 Å². The van der Waals surface area contributed by atoms with E-state index in [0.29, 0.717) is 23.3 Å². The van der Waals surface area contributed by atoms with Gasteiger partial charge in [0.05, 0.1) is 12.2 Å². The van der Waals surface area contributed by atoms with E-state index >= 15 is 0 Å². The normalized spacial score (nSPS) is 14.8. The zero-order chi connectivity index (χ0) is 11.7. The Morgan fingerprint density at radius 3 is 2.94 bits per heavy atom. The molecule has 0 radical (unpaired) electrons. The third kappa shape index (κ3) is 2.08. The molecule has 86 valence electrons. The highest BCUT2D eigenvalue weighted by Crippen LogP contribution is 2.25. The molecule has 1 aromatic rings. The number of carbonyl (C=O) groups is 1. The zero-order valence-electron chi connectivity index (χ0n) is 8.60. The summed E-state index contributed by atoms with van der Waals surface area (Å²) in [7, 11) is 0. The lowest BCUT2D eigenvalue weighted by molar-refractivity contribution is 0.139. The number of carboxylic acid groups (broad SMARTS) is 1. The lowest BCUT2D eigenvalue weighted by Crippen LogP contribution is -2.35. The molecule has 0 bridgehead atoms. The van der Waals surface area contributed by atoms with E-state index in [2.05, 4.69) is 9.97 Å². The van der Waals surface area contributed by atoms with Crippen molar-refractivity contribution < 1.29 is 9.90 Å². The second-order valence-electron chi connectivity index (χ2n) is 3.38. The van der Waals surface area contributed by atoms with Crippen LogP contribution in [-0.4, -0.2) is 38.9 Å². The van der Waals surface area contributed by atoms with Gasteiger partial charge in [-0.15, -0.1) is 0 Å². The fraction of sp³-hybridized carbons (Fsp3) is 0.444. The van der Waals surface area contributed by atoms with Gasteiger partial charge in [-0.2, -0.15) is 0 Å². The summed E-state index contributed by atoms with van der Waals surface area (Å²) in [4.78, 5) is 20.6. The second-order valence-corrected chi connectivity index (χ2v) is 4.51. The number of hydrogen-bond acceptors (Lipinski definition) is 4. The van der Waals surface area contributed by atoms with E-state index in [9.17, 15) is 4.79 Å². The van der Waals surface area contributed by atoms with Gasteiger partial charge < -0.3 is 10.0 Å². The minimum atomic E-state index is -0.935. The Hall–Kier alpha value is -1.01. The fourth-order valence-corrected chi connectivity index (χ4v) is 2.29. The van der Waals surface area contributed by atoms with Gasteiger partial charge in [0, 0.05) is 18.5 Å². The van der Waals surface area contributed by atoms with Gasteiger partial charge in [0.15, 0.2) is 5.16 Å². The quantitative estimate of drug-likeness (QED) is 0.474. The van der Waals surface area contributed by atoms with Gasteiger partial charge >= 0.3 is 6.09 Å². The van der Waals surface area contributed by atoms with Crippen molar-refractivity contribution in [2.24, 2.45) is 0 Å². The monoisotopic (exact) mass is 259 g/mol. The molecule has 2 rings (SSSR count). The third-order valence-electron chi connectivity index (χ3n) is 2.44.